The van der Waals surface area contributed by atoms with Crippen molar-refractivity contribution in [1.82, 2.24) is 13.9 Å². The minimum absolute atomic E-state index is 0.224. The standard InChI is InChI=1S/C21H22BrFN4O2S.C2HF3O2/c1-15-9-16(3-5-20(15)23)12-25(2)21-6-4-18(10-19(21)22)30(28,29)27-8-7-26-14-24-11-17(26)13-27;3-2(4,5)1(6)7/h3-6,9-11,14H,7-8,12-13H2,1-2H3;(H,6,7). The molecular formula is C23H23BrF4N4O4S. The smallest absolute Gasteiger partial charge is 0.475 e. The number of aliphatic carboxylic acids is 1. The molecule has 14 heteroatoms. The van der Waals surface area contributed by atoms with Gasteiger partial charge < -0.3 is 14.6 Å². The topological polar surface area (TPSA) is 95.7 Å². The average molecular weight is 607 g/mol. The summed E-state index contributed by atoms with van der Waals surface area (Å²) in [4.78, 5) is 15.2. The zero-order valence-corrected chi connectivity index (χ0v) is 22.1. The summed E-state index contributed by atoms with van der Waals surface area (Å²) in [5.41, 5.74) is 3.32. The van der Waals surface area contributed by atoms with Crippen LogP contribution in [-0.2, 0) is 34.5 Å². The molecule has 1 aliphatic rings. The Bertz CT molecular complexity index is 1400. The number of benzene rings is 2. The van der Waals surface area contributed by atoms with Gasteiger partial charge >= 0.3 is 12.1 Å². The number of aromatic nitrogens is 2. The van der Waals surface area contributed by atoms with Crippen LogP contribution in [0.15, 0.2) is 58.3 Å². The van der Waals surface area contributed by atoms with Crippen molar-refractivity contribution in [2.45, 2.75) is 37.6 Å². The summed E-state index contributed by atoms with van der Waals surface area (Å²) in [6, 6.07) is 10.1. The van der Waals surface area contributed by atoms with Gasteiger partial charge in [0.05, 0.1) is 29.1 Å². The number of hydrogen-bond acceptors (Lipinski definition) is 5. The van der Waals surface area contributed by atoms with Gasteiger partial charge in [0.15, 0.2) is 0 Å². The number of carboxylic acids is 1. The second kappa shape index (κ2) is 11.2. The maximum atomic E-state index is 13.5. The van der Waals surface area contributed by atoms with Gasteiger partial charge in [-0.05, 0) is 58.2 Å². The molecule has 37 heavy (non-hydrogen) atoms. The van der Waals surface area contributed by atoms with E-state index in [1.54, 1.807) is 43.7 Å². The minimum atomic E-state index is -5.08. The molecule has 1 aliphatic heterocycles. The molecule has 0 amide bonds. The quantitative estimate of drug-likeness (QED) is 0.428. The van der Waals surface area contributed by atoms with Gasteiger partial charge in [-0.15, -0.1) is 0 Å². The van der Waals surface area contributed by atoms with Gasteiger partial charge in [0, 0.05) is 37.4 Å². The number of imidazole rings is 1. The largest absolute Gasteiger partial charge is 0.490 e. The predicted octanol–water partition coefficient (Wildman–Crippen LogP) is 4.57. The first-order chi connectivity index (χ1) is 17.2. The van der Waals surface area contributed by atoms with Gasteiger partial charge in [-0.1, -0.05) is 12.1 Å². The van der Waals surface area contributed by atoms with E-state index in [4.69, 9.17) is 9.90 Å². The van der Waals surface area contributed by atoms with Crippen molar-refractivity contribution in [3.63, 3.8) is 0 Å². The van der Waals surface area contributed by atoms with Crippen LogP contribution in [0.25, 0.3) is 0 Å². The molecule has 0 saturated heterocycles. The van der Waals surface area contributed by atoms with Gasteiger partial charge in [-0.25, -0.2) is 22.6 Å². The van der Waals surface area contributed by atoms with Crippen LogP contribution < -0.4 is 4.90 Å². The van der Waals surface area contributed by atoms with Crippen molar-refractivity contribution < 1.29 is 35.9 Å². The summed E-state index contributed by atoms with van der Waals surface area (Å²) in [7, 11) is -1.70. The zero-order chi connectivity index (χ0) is 27.5. The first kappa shape index (κ1) is 28.6. The molecule has 200 valence electrons. The number of hydrogen-bond donors (Lipinski definition) is 1. The first-order valence-electron chi connectivity index (χ1n) is 10.7. The molecule has 0 unspecified atom stereocenters. The molecular weight excluding hydrogens is 584 g/mol. The number of anilines is 1. The van der Waals surface area contributed by atoms with Gasteiger partial charge in [-0.2, -0.15) is 17.5 Å². The highest BCUT2D eigenvalue weighted by Crippen LogP contribution is 2.31. The van der Waals surface area contributed by atoms with Crippen LogP contribution in [0.5, 0.6) is 0 Å². The Morgan fingerprint density at radius 1 is 1.19 bits per heavy atom. The lowest BCUT2D eigenvalue weighted by Gasteiger charge is -2.28. The van der Waals surface area contributed by atoms with Gasteiger partial charge in [-0.3, -0.25) is 0 Å². The van der Waals surface area contributed by atoms with E-state index in [0.717, 1.165) is 16.9 Å². The van der Waals surface area contributed by atoms with E-state index < -0.39 is 22.2 Å². The lowest BCUT2D eigenvalue weighted by Crippen LogP contribution is -2.37. The first-order valence-corrected chi connectivity index (χ1v) is 13.0. The number of nitrogens with zero attached hydrogens (tertiary/aromatic N) is 4. The van der Waals surface area contributed by atoms with E-state index in [1.165, 1.54) is 10.4 Å². The van der Waals surface area contributed by atoms with Crippen molar-refractivity contribution in [1.29, 1.82) is 0 Å². The Labute approximate surface area is 219 Å². The van der Waals surface area contributed by atoms with Crippen molar-refractivity contribution in [3.8, 4) is 0 Å². The van der Waals surface area contributed by atoms with Crippen molar-refractivity contribution in [2.24, 2.45) is 0 Å². The molecule has 0 fully saturated rings. The number of sulfonamides is 1. The third-order valence-corrected chi connectivity index (χ3v) is 8.06. The Morgan fingerprint density at radius 2 is 1.86 bits per heavy atom. The number of halogens is 5. The monoisotopic (exact) mass is 606 g/mol. The maximum Gasteiger partial charge on any atom is 0.490 e. The van der Waals surface area contributed by atoms with Crippen LogP contribution in [0.4, 0.5) is 23.2 Å². The average Bonchev–Trinajstić information content (AvgIpc) is 3.29. The summed E-state index contributed by atoms with van der Waals surface area (Å²) >= 11 is 3.52. The predicted molar refractivity (Wildman–Crippen MR) is 131 cm³/mol. The van der Waals surface area contributed by atoms with Crippen LogP contribution in [0, 0.1) is 12.7 Å². The molecule has 0 saturated carbocycles. The van der Waals surface area contributed by atoms with E-state index in [-0.39, 0.29) is 10.7 Å². The van der Waals surface area contributed by atoms with Gasteiger partial charge in [0.1, 0.15) is 5.82 Å². The van der Waals surface area contributed by atoms with E-state index in [9.17, 15) is 26.0 Å². The Hall–Kier alpha value is -2.97. The van der Waals surface area contributed by atoms with E-state index in [1.807, 2.05) is 22.6 Å². The lowest BCUT2D eigenvalue weighted by atomic mass is 10.1. The van der Waals surface area contributed by atoms with Crippen LogP contribution in [0.2, 0.25) is 0 Å². The number of rotatable bonds is 5. The van der Waals surface area contributed by atoms with E-state index in [0.29, 0.717) is 36.2 Å². The molecule has 0 spiro atoms. The lowest BCUT2D eigenvalue weighted by molar-refractivity contribution is -0.192. The highest BCUT2D eigenvalue weighted by molar-refractivity contribution is 9.10. The summed E-state index contributed by atoms with van der Waals surface area (Å²) in [6.45, 7) is 3.62. The Morgan fingerprint density at radius 3 is 2.46 bits per heavy atom. The number of carbonyl (C=O) groups is 1. The summed E-state index contributed by atoms with van der Waals surface area (Å²) in [5.74, 6) is -2.98. The van der Waals surface area contributed by atoms with Crippen LogP contribution >= 0.6 is 15.9 Å². The second-order valence-corrected chi connectivity index (χ2v) is 11.1. The summed E-state index contributed by atoms with van der Waals surface area (Å²) < 4.78 is 75.7. The van der Waals surface area contributed by atoms with Crippen molar-refractivity contribution >= 4 is 37.6 Å². The normalized spacial score (nSPS) is 13.9. The van der Waals surface area contributed by atoms with Crippen LogP contribution in [0.3, 0.4) is 0 Å². The molecule has 0 atom stereocenters. The van der Waals surface area contributed by atoms with Gasteiger partial charge in [0.2, 0.25) is 10.0 Å². The minimum Gasteiger partial charge on any atom is -0.475 e. The Balaban J connectivity index is 0.000000479. The maximum absolute atomic E-state index is 13.5. The summed E-state index contributed by atoms with van der Waals surface area (Å²) in [6.07, 6.45) is -1.66. The van der Waals surface area contributed by atoms with Crippen LogP contribution in [-0.4, -0.2) is 53.1 Å². The third-order valence-electron chi connectivity index (χ3n) is 5.58. The van der Waals surface area contributed by atoms with Gasteiger partial charge in [0.25, 0.3) is 0 Å². The molecule has 2 aromatic carbocycles. The molecule has 0 radical (unpaired) electrons. The number of fused-ring (bicyclic) bond motifs is 1. The number of carboxylic acid groups (broad SMARTS) is 1. The molecule has 1 N–H and O–H groups in total. The highest BCUT2D eigenvalue weighted by Gasteiger charge is 2.38. The second-order valence-electron chi connectivity index (χ2n) is 8.27. The Kier molecular flexibility index (Phi) is 8.65. The molecule has 1 aromatic heterocycles. The highest BCUT2D eigenvalue weighted by atomic mass is 79.9. The van der Waals surface area contributed by atoms with E-state index >= 15 is 0 Å². The van der Waals surface area contributed by atoms with Crippen LogP contribution in [0.1, 0.15) is 16.8 Å². The van der Waals surface area contributed by atoms with E-state index in [2.05, 4.69) is 20.9 Å². The number of alkyl halides is 3. The zero-order valence-electron chi connectivity index (χ0n) is 19.7. The number of aryl methyl sites for hydroxylation is 1. The fourth-order valence-electron chi connectivity index (χ4n) is 3.64. The molecule has 0 bridgehead atoms. The molecule has 8 nitrogen and oxygen atoms in total. The molecule has 4 rings (SSSR count). The SMILES string of the molecule is Cc1cc(CN(C)c2ccc(S(=O)(=O)N3CCn4cncc4C3)cc2Br)ccc1F.O=C(O)C(F)(F)F. The summed E-state index contributed by atoms with van der Waals surface area (Å²) in [5, 5.41) is 7.12. The third kappa shape index (κ3) is 6.87. The molecule has 3 aromatic rings. The van der Waals surface area contributed by atoms with Crippen molar-refractivity contribution in [3.05, 3.63) is 76.0 Å². The fraction of sp³-hybridized carbons (Fsp3) is 0.304. The molecule has 2 heterocycles. The van der Waals surface area contributed by atoms with Crippen molar-refractivity contribution in [2.75, 3.05) is 18.5 Å². The molecule has 0 aliphatic carbocycles. The fourth-order valence-corrected chi connectivity index (χ4v) is 5.90.